The molecule has 47 valence electrons. The lowest BCUT2D eigenvalue weighted by Gasteiger charge is -1.93. The van der Waals surface area contributed by atoms with E-state index in [4.69, 9.17) is 0 Å². The van der Waals surface area contributed by atoms with Crippen LogP contribution in [0.2, 0.25) is 0 Å². The Balaban J connectivity index is 2.94. The first kappa shape index (κ1) is 6.20. The van der Waals surface area contributed by atoms with Gasteiger partial charge in [-0.05, 0) is 19.4 Å². The predicted molar refractivity (Wildman–Crippen MR) is 35.9 cm³/mol. The highest BCUT2D eigenvalue weighted by Crippen LogP contribution is 1.95. The smallest absolute Gasteiger partial charge is 0.115 e. The summed E-state index contributed by atoms with van der Waals surface area (Å²) in [6, 6.07) is 1.89. The zero-order valence-electron chi connectivity index (χ0n) is 5.46. The Bertz CT molecular complexity index is 196. The molecule has 0 saturated heterocycles. The van der Waals surface area contributed by atoms with Crippen LogP contribution in [0.3, 0.4) is 0 Å². The number of aryl methyl sites for hydroxylation is 1. The van der Waals surface area contributed by atoms with Gasteiger partial charge < -0.3 is 0 Å². The van der Waals surface area contributed by atoms with Crippen LogP contribution in [0.5, 0.6) is 0 Å². The van der Waals surface area contributed by atoms with E-state index in [1.807, 2.05) is 6.07 Å². The molecule has 0 N–H and O–H groups in total. The molecule has 0 aliphatic heterocycles. The molecule has 0 unspecified atom stereocenters. The summed E-state index contributed by atoms with van der Waals surface area (Å²) >= 11 is 0. The largest absolute Gasteiger partial charge is 0.241 e. The third kappa shape index (κ3) is 1.49. The standard InChI is InChI=1S/C7H9N2/c1-3-7-4-6(2)8-5-9-7/h4-5H,2-3H2,1H3. The molecule has 0 bridgehead atoms. The van der Waals surface area contributed by atoms with Gasteiger partial charge >= 0.3 is 0 Å². The summed E-state index contributed by atoms with van der Waals surface area (Å²) in [5.74, 6) is 0. The van der Waals surface area contributed by atoms with E-state index >= 15 is 0 Å². The molecule has 1 aromatic rings. The van der Waals surface area contributed by atoms with Crippen LogP contribution < -0.4 is 0 Å². The number of aromatic nitrogens is 2. The first-order chi connectivity index (χ1) is 4.33. The van der Waals surface area contributed by atoms with Crippen molar-refractivity contribution in [3.05, 3.63) is 30.7 Å². The van der Waals surface area contributed by atoms with Gasteiger partial charge in [0, 0.05) is 11.4 Å². The third-order valence-electron chi connectivity index (χ3n) is 1.14. The predicted octanol–water partition coefficient (Wildman–Crippen LogP) is 1.22. The number of hydrogen-bond acceptors (Lipinski definition) is 2. The van der Waals surface area contributed by atoms with Gasteiger partial charge in [0.25, 0.3) is 0 Å². The molecule has 0 aliphatic carbocycles. The molecule has 2 nitrogen and oxygen atoms in total. The summed E-state index contributed by atoms with van der Waals surface area (Å²) in [7, 11) is 0. The Morgan fingerprint density at radius 3 is 2.78 bits per heavy atom. The van der Waals surface area contributed by atoms with Gasteiger partial charge in [-0.15, -0.1) is 0 Å². The molecule has 2 heteroatoms. The number of hydrogen-bond donors (Lipinski definition) is 0. The van der Waals surface area contributed by atoms with Gasteiger partial charge in [0.15, 0.2) is 0 Å². The summed E-state index contributed by atoms with van der Waals surface area (Å²) < 4.78 is 0. The van der Waals surface area contributed by atoms with Gasteiger partial charge in [0.1, 0.15) is 6.33 Å². The lowest BCUT2D eigenvalue weighted by atomic mass is 10.3. The lowest BCUT2D eigenvalue weighted by molar-refractivity contribution is 0.988. The molecule has 0 aliphatic rings. The van der Waals surface area contributed by atoms with E-state index in [9.17, 15) is 0 Å². The minimum absolute atomic E-state index is 0.793. The molecule has 0 fully saturated rings. The van der Waals surface area contributed by atoms with Gasteiger partial charge in [-0.3, -0.25) is 0 Å². The molecule has 1 rings (SSSR count). The lowest BCUT2D eigenvalue weighted by Crippen LogP contribution is -1.89. The highest BCUT2D eigenvalue weighted by Gasteiger charge is 1.88. The average Bonchev–Trinajstić information content (AvgIpc) is 1.88. The van der Waals surface area contributed by atoms with Gasteiger partial charge in [-0.1, -0.05) is 6.92 Å². The average molecular weight is 121 g/mol. The maximum Gasteiger partial charge on any atom is 0.115 e. The van der Waals surface area contributed by atoms with Crippen molar-refractivity contribution in [2.45, 2.75) is 13.3 Å². The van der Waals surface area contributed by atoms with Crippen molar-refractivity contribution in [1.82, 2.24) is 9.97 Å². The monoisotopic (exact) mass is 121 g/mol. The van der Waals surface area contributed by atoms with Gasteiger partial charge in [-0.25, -0.2) is 9.97 Å². The Labute approximate surface area is 55.0 Å². The fourth-order valence-electron chi connectivity index (χ4n) is 0.637. The quantitative estimate of drug-likeness (QED) is 0.558. The normalized spacial score (nSPS) is 9.56. The van der Waals surface area contributed by atoms with E-state index in [-0.39, 0.29) is 0 Å². The fraction of sp³-hybridized carbons (Fsp3) is 0.286. The molecule has 0 atom stereocenters. The third-order valence-corrected chi connectivity index (χ3v) is 1.14. The molecule has 1 heterocycles. The Morgan fingerprint density at radius 1 is 1.56 bits per heavy atom. The SMILES string of the molecule is [CH2]c1cc(CC)ncn1. The molecule has 0 amide bonds. The van der Waals surface area contributed by atoms with Crippen molar-refractivity contribution >= 4 is 0 Å². The first-order valence-corrected chi connectivity index (χ1v) is 2.96. The summed E-state index contributed by atoms with van der Waals surface area (Å²) in [6.07, 6.45) is 2.49. The minimum Gasteiger partial charge on any atom is -0.241 e. The minimum atomic E-state index is 0.793. The summed E-state index contributed by atoms with van der Waals surface area (Å²) in [6.45, 7) is 5.74. The van der Waals surface area contributed by atoms with Gasteiger partial charge in [0.2, 0.25) is 0 Å². The topological polar surface area (TPSA) is 25.8 Å². The zero-order valence-corrected chi connectivity index (χ0v) is 5.46. The highest BCUT2D eigenvalue weighted by atomic mass is 14.8. The van der Waals surface area contributed by atoms with Crippen LogP contribution >= 0.6 is 0 Å². The van der Waals surface area contributed by atoms with Crippen molar-refractivity contribution in [2.75, 3.05) is 0 Å². The molecule has 0 saturated carbocycles. The van der Waals surface area contributed by atoms with Crippen molar-refractivity contribution < 1.29 is 0 Å². The highest BCUT2D eigenvalue weighted by molar-refractivity contribution is 5.09. The number of rotatable bonds is 1. The number of nitrogens with zero attached hydrogens (tertiary/aromatic N) is 2. The maximum absolute atomic E-state index is 4.01. The van der Waals surface area contributed by atoms with Crippen LogP contribution in [0.4, 0.5) is 0 Å². The van der Waals surface area contributed by atoms with Crippen LogP contribution in [-0.4, -0.2) is 9.97 Å². The first-order valence-electron chi connectivity index (χ1n) is 2.96. The second-order valence-electron chi connectivity index (χ2n) is 1.85. The Morgan fingerprint density at radius 2 is 2.33 bits per heavy atom. The van der Waals surface area contributed by atoms with Gasteiger partial charge in [-0.2, -0.15) is 0 Å². The van der Waals surface area contributed by atoms with Crippen molar-refractivity contribution in [3.8, 4) is 0 Å². The summed E-state index contributed by atoms with van der Waals surface area (Å²) in [5, 5.41) is 0. The van der Waals surface area contributed by atoms with E-state index in [1.54, 1.807) is 6.33 Å². The van der Waals surface area contributed by atoms with Crippen LogP contribution in [0, 0.1) is 6.92 Å². The zero-order chi connectivity index (χ0) is 6.69. The molecule has 0 spiro atoms. The Kier molecular flexibility index (Phi) is 1.78. The summed E-state index contributed by atoms with van der Waals surface area (Å²) in [5.41, 5.74) is 1.84. The van der Waals surface area contributed by atoms with Crippen LogP contribution in [0.25, 0.3) is 0 Å². The van der Waals surface area contributed by atoms with E-state index < -0.39 is 0 Å². The molecule has 0 aromatic carbocycles. The van der Waals surface area contributed by atoms with Crippen LogP contribution in [0.1, 0.15) is 18.3 Å². The molecular formula is C7H9N2. The van der Waals surface area contributed by atoms with E-state index in [2.05, 4.69) is 23.8 Å². The van der Waals surface area contributed by atoms with E-state index in [0.29, 0.717) is 0 Å². The molecule has 1 aromatic heterocycles. The second-order valence-corrected chi connectivity index (χ2v) is 1.85. The van der Waals surface area contributed by atoms with E-state index in [1.165, 1.54) is 0 Å². The van der Waals surface area contributed by atoms with Crippen molar-refractivity contribution in [3.63, 3.8) is 0 Å². The maximum atomic E-state index is 4.01. The van der Waals surface area contributed by atoms with Crippen molar-refractivity contribution in [2.24, 2.45) is 0 Å². The molecule has 9 heavy (non-hydrogen) atoms. The second kappa shape index (κ2) is 2.58. The van der Waals surface area contributed by atoms with E-state index in [0.717, 1.165) is 17.8 Å². The van der Waals surface area contributed by atoms with Crippen LogP contribution in [0.15, 0.2) is 12.4 Å². The Hall–Kier alpha value is -0.920. The van der Waals surface area contributed by atoms with Gasteiger partial charge in [0.05, 0.1) is 0 Å². The summed E-state index contributed by atoms with van der Waals surface area (Å²) in [4.78, 5) is 7.87. The molecule has 1 radical (unpaired) electrons. The fourth-order valence-corrected chi connectivity index (χ4v) is 0.637. The molecular weight excluding hydrogens is 112 g/mol. The van der Waals surface area contributed by atoms with Crippen LogP contribution in [-0.2, 0) is 6.42 Å². The van der Waals surface area contributed by atoms with Crippen molar-refractivity contribution in [1.29, 1.82) is 0 Å².